The summed E-state index contributed by atoms with van der Waals surface area (Å²) >= 11 is 0. The molecule has 6 rings (SSSR count). The van der Waals surface area contributed by atoms with Crippen LogP contribution in [0.1, 0.15) is 25.3 Å². The lowest BCUT2D eigenvalue weighted by Crippen LogP contribution is -2.56. The summed E-state index contributed by atoms with van der Waals surface area (Å²) in [7, 11) is 0. The maximum Gasteiger partial charge on any atom is 0.0675 e. The summed E-state index contributed by atoms with van der Waals surface area (Å²) in [6, 6.07) is 19.6. The first-order chi connectivity index (χ1) is 14.3. The van der Waals surface area contributed by atoms with Crippen molar-refractivity contribution in [2.45, 2.75) is 31.2 Å². The first-order valence-electron chi connectivity index (χ1n) is 10.7. The Bertz CT molecular complexity index is 1050. The van der Waals surface area contributed by atoms with E-state index in [1.165, 1.54) is 41.0 Å². The molecule has 3 atom stereocenters. The molecule has 1 unspecified atom stereocenters. The molecule has 2 aromatic carbocycles. The first-order valence-corrected chi connectivity index (χ1v) is 10.7. The van der Waals surface area contributed by atoms with Crippen LogP contribution in [0.25, 0.3) is 0 Å². The van der Waals surface area contributed by atoms with Crippen LogP contribution in [-0.2, 0) is 5.41 Å². The van der Waals surface area contributed by atoms with E-state index in [4.69, 9.17) is 4.99 Å². The number of anilines is 1. The van der Waals surface area contributed by atoms with Crippen LogP contribution in [0.3, 0.4) is 0 Å². The molecule has 1 aliphatic carbocycles. The van der Waals surface area contributed by atoms with Gasteiger partial charge in [0.1, 0.15) is 0 Å². The van der Waals surface area contributed by atoms with E-state index < -0.39 is 0 Å². The Morgan fingerprint density at radius 1 is 1.10 bits per heavy atom. The molecule has 0 radical (unpaired) electrons. The highest BCUT2D eigenvalue weighted by Crippen LogP contribution is 2.59. The Labute approximate surface area is 172 Å². The van der Waals surface area contributed by atoms with Crippen LogP contribution < -0.4 is 10.9 Å². The van der Waals surface area contributed by atoms with Crippen LogP contribution in [0.2, 0.25) is 0 Å². The normalized spacial score (nSPS) is 32.1. The van der Waals surface area contributed by atoms with Crippen LogP contribution in [0.5, 0.6) is 0 Å². The van der Waals surface area contributed by atoms with E-state index in [1.54, 1.807) is 0 Å². The Morgan fingerprint density at radius 3 is 2.79 bits per heavy atom. The van der Waals surface area contributed by atoms with Crippen molar-refractivity contribution in [1.82, 2.24) is 10.3 Å². The SMILES string of the molecule is C/C=C1/CN2CCC34C(=Nc5ccccc53)C(=CNNc3ccccc3)[C@H]1C[C@H]24. The van der Waals surface area contributed by atoms with Gasteiger partial charge in [-0.05, 0) is 49.1 Å². The monoisotopic (exact) mass is 382 g/mol. The molecule has 29 heavy (non-hydrogen) atoms. The third kappa shape index (κ3) is 2.32. The molecule has 2 aromatic rings. The number of para-hydroxylation sites is 2. The highest BCUT2D eigenvalue weighted by Gasteiger charge is 2.61. The molecule has 4 heteroatoms. The minimum Gasteiger partial charge on any atom is -0.308 e. The zero-order valence-electron chi connectivity index (χ0n) is 16.7. The molecular weight excluding hydrogens is 356 g/mol. The van der Waals surface area contributed by atoms with Gasteiger partial charge in [0.05, 0.1) is 22.5 Å². The largest absolute Gasteiger partial charge is 0.308 e. The zero-order chi connectivity index (χ0) is 19.4. The van der Waals surface area contributed by atoms with E-state index in [0.717, 1.165) is 18.8 Å². The second kappa shape index (κ2) is 6.33. The number of aliphatic imine (C=N–C) groups is 1. The standard InChI is InChI=1S/C25H26N4/c1-2-17-16-29-13-12-25-21-10-6-7-11-22(21)27-24(25)20(19(17)14-23(25)29)15-26-28-18-8-4-3-5-9-18/h2-11,15,19,23,26,28H,12-14,16H2,1H3/b17-2-,20-15?/t19-,23-,25?/m0/s1. The molecule has 3 heterocycles. The second-order valence-electron chi connectivity index (χ2n) is 8.57. The quantitative estimate of drug-likeness (QED) is 0.604. The highest BCUT2D eigenvalue weighted by atomic mass is 15.3. The summed E-state index contributed by atoms with van der Waals surface area (Å²) in [5.41, 5.74) is 14.6. The van der Waals surface area contributed by atoms with Crippen LogP contribution in [-0.4, -0.2) is 29.7 Å². The third-order valence-corrected chi connectivity index (χ3v) is 7.37. The predicted molar refractivity (Wildman–Crippen MR) is 118 cm³/mol. The number of nitrogens with zero attached hydrogens (tertiary/aromatic N) is 2. The molecule has 1 spiro atoms. The lowest BCUT2D eigenvalue weighted by atomic mass is 9.59. The minimum absolute atomic E-state index is 0.0621. The second-order valence-corrected chi connectivity index (χ2v) is 8.57. The van der Waals surface area contributed by atoms with Crippen LogP contribution in [0, 0.1) is 5.92 Å². The van der Waals surface area contributed by atoms with E-state index in [-0.39, 0.29) is 5.41 Å². The lowest BCUT2D eigenvalue weighted by molar-refractivity contribution is 0.179. The van der Waals surface area contributed by atoms with E-state index in [2.05, 4.69) is 71.3 Å². The molecule has 3 aliphatic heterocycles. The molecule has 146 valence electrons. The fourth-order valence-corrected chi connectivity index (χ4v) is 6.09. The van der Waals surface area contributed by atoms with Gasteiger partial charge in [0.15, 0.2) is 0 Å². The summed E-state index contributed by atoms with van der Waals surface area (Å²) in [5.74, 6) is 0.450. The van der Waals surface area contributed by atoms with Gasteiger partial charge in [-0.2, -0.15) is 0 Å². The number of hydrogen-bond donors (Lipinski definition) is 2. The maximum atomic E-state index is 5.23. The molecule has 0 amide bonds. The smallest absolute Gasteiger partial charge is 0.0675 e. The number of benzene rings is 2. The number of nitrogens with one attached hydrogen (secondary N) is 2. The van der Waals surface area contributed by atoms with Gasteiger partial charge in [-0.1, -0.05) is 48.0 Å². The number of piperidine rings is 1. The van der Waals surface area contributed by atoms with E-state index in [9.17, 15) is 0 Å². The van der Waals surface area contributed by atoms with Crippen LogP contribution >= 0.6 is 0 Å². The van der Waals surface area contributed by atoms with Gasteiger partial charge in [-0.15, -0.1) is 0 Å². The van der Waals surface area contributed by atoms with Gasteiger partial charge in [0.25, 0.3) is 0 Å². The number of rotatable bonds is 3. The molecule has 4 aliphatic rings. The Balaban J connectivity index is 1.44. The van der Waals surface area contributed by atoms with Crippen molar-refractivity contribution in [2.24, 2.45) is 10.9 Å². The minimum atomic E-state index is 0.0621. The summed E-state index contributed by atoms with van der Waals surface area (Å²) in [4.78, 5) is 7.93. The number of hydrazine groups is 1. The molecule has 2 bridgehead atoms. The molecular formula is C25H26N4. The van der Waals surface area contributed by atoms with Crippen molar-refractivity contribution >= 4 is 17.1 Å². The van der Waals surface area contributed by atoms with Crippen LogP contribution in [0.15, 0.2) is 83.0 Å². The molecule has 3 fully saturated rings. The lowest BCUT2D eigenvalue weighted by Gasteiger charge is -2.49. The van der Waals surface area contributed by atoms with Gasteiger partial charge < -0.3 is 10.9 Å². The third-order valence-electron chi connectivity index (χ3n) is 7.37. The number of fused-ring (bicyclic) bond motifs is 2. The van der Waals surface area contributed by atoms with E-state index in [1.807, 2.05) is 18.2 Å². The van der Waals surface area contributed by atoms with Gasteiger partial charge >= 0.3 is 0 Å². The maximum absolute atomic E-state index is 5.23. The summed E-state index contributed by atoms with van der Waals surface area (Å²) in [5, 5.41) is 0. The topological polar surface area (TPSA) is 39.7 Å². The van der Waals surface area contributed by atoms with E-state index >= 15 is 0 Å². The van der Waals surface area contributed by atoms with Crippen molar-refractivity contribution in [1.29, 1.82) is 0 Å². The Kier molecular flexibility index (Phi) is 3.72. The van der Waals surface area contributed by atoms with E-state index in [0.29, 0.717) is 12.0 Å². The Hall–Kier alpha value is -2.85. The predicted octanol–water partition coefficient (Wildman–Crippen LogP) is 4.57. The summed E-state index contributed by atoms with van der Waals surface area (Å²) in [6.45, 7) is 4.43. The molecule has 2 N–H and O–H groups in total. The van der Waals surface area contributed by atoms with Crippen molar-refractivity contribution in [3.63, 3.8) is 0 Å². The fraction of sp³-hybridized carbons (Fsp3) is 0.320. The van der Waals surface area contributed by atoms with Gasteiger partial charge in [0, 0.05) is 31.2 Å². The number of allylic oxidation sites excluding steroid dienone is 2. The average Bonchev–Trinajstić information content (AvgIpc) is 3.32. The Morgan fingerprint density at radius 2 is 1.93 bits per heavy atom. The number of hydrogen-bond acceptors (Lipinski definition) is 4. The average molecular weight is 383 g/mol. The van der Waals surface area contributed by atoms with Gasteiger partial charge in [-0.3, -0.25) is 9.89 Å². The van der Waals surface area contributed by atoms with Crippen molar-refractivity contribution in [3.05, 3.63) is 83.6 Å². The summed E-state index contributed by atoms with van der Waals surface area (Å²) < 4.78 is 0. The molecule has 4 nitrogen and oxygen atoms in total. The molecule has 2 saturated heterocycles. The van der Waals surface area contributed by atoms with Crippen molar-refractivity contribution < 1.29 is 0 Å². The fourth-order valence-electron chi connectivity index (χ4n) is 6.09. The summed E-state index contributed by atoms with van der Waals surface area (Å²) in [6.07, 6.45) is 6.86. The van der Waals surface area contributed by atoms with Crippen LogP contribution in [0.4, 0.5) is 11.4 Å². The molecule has 1 saturated carbocycles. The van der Waals surface area contributed by atoms with Gasteiger partial charge in [-0.25, -0.2) is 0 Å². The molecule has 0 aromatic heterocycles. The van der Waals surface area contributed by atoms with Crippen molar-refractivity contribution in [3.8, 4) is 0 Å². The van der Waals surface area contributed by atoms with Crippen molar-refractivity contribution in [2.75, 3.05) is 18.5 Å². The van der Waals surface area contributed by atoms with Gasteiger partial charge in [0.2, 0.25) is 0 Å². The first kappa shape index (κ1) is 17.0. The zero-order valence-corrected chi connectivity index (χ0v) is 16.7. The highest BCUT2D eigenvalue weighted by molar-refractivity contribution is 6.15.